The molecule has 0 spiro atoms. The molecule has 0 bridgehead atoms. The Bertz CT molecular complexity index is 1260. The molecule has 0 saturated heterocycles. The van der Waals surface area contributed by atoms with Crippen molar-refractivity contribution in [3.63, 3.8) is 0 Å². The number of rotatable bonds is 8. The van der Waals surface area contributed by atoms with Crippen molar-refractivity contribution < 1.29 is 27.6 Å². The zero-order valence-electron chi connectivity index (χ0n) is 17.1. The average Bonchev–Trinajstić information content (AvgIpc) is 2.77. The molecule has 1 N–H and O–H groups in total. The number of nitro groups is 1. The van der Waals surface area contributed by atoms with Crippen LogP contribution in [0.4, 0.5) is 11.4 Å². The summed E-state index contributed by atoms with van der Waals surface area (Å²) in [5.41, 5.74) is 0.526. The van der Waals surface area contributed by atoms with Gasteiger partial charge in [0.1, 0.15) is 6.61 Å². The number of amides is 1. The number of hydrogen-bond donors (Lipinski definition) is 1. The van der Waals surface area contributed by atoms with Crippen LogP contribution in [0.1, 0.15) is 15.9 Å². The third kappa shape index (κ3) is 5.58. The van der Waals surface area contributed by atoms with Gasteiger partial charge in [-0.1, -0.05) is 0 Å². The van der Waals surface area contributed by atoms with Crippen LogP contribution in [0.15, 0.2) is 65.8 Å². The summed E-state index contributed by atoms with van der Waals surface area (Å²) in [6.07, 6.45) is 4.18. The minimum Gasteiger partial charge on any atom is -0.493 e. The molecule has 1 amide bonds. The van der Waals surface area contributed by atoms with Crippen molar-refractivity contribution in [1.82, 2.24) is 4.98 Å². The first-order valence-corrected chi connectivity index (χ1v) is 11.1. The van der Waals surface area contributed by atoms with E-state index < -0.39 is 26.4 Å². The molecule has 0 atom stereocenters. The van der Waals surface area contributed by atoms with Crippen LogP contribution in [0, 0.1) is 10.1 Å². The van der Waals surface area contributed by atoms with E-state index in [0.29, 0.717) is 17.2 Å². The second-order valence-electron chi connectivity index (χ2n) is 6.71. The van der Waals surface area contributed by atoms with Gasteiger partial charge in [-0.15, -0.1) is 0 Å². The Hall–Kier alpha value is -3.99. The molecule has 0 aliphatic heterocycles. The molecule has 0 unspecified atom stereocenters. The lowest BCUT2D eigenvalue weighted by Gasteiger charge is -2.13. The minimum absolute atomic E-state index is 0.172. The predicted molar refractivity (Wildman–Crippen MR) is 116 cm³/mol. The molecule has 3 aromatic rings. The molecular weight excluding hydrogens is 438 g/mol. The minimum atomic E-state index is -3.76. The summed E-state index contributed by atoms with van der Waals surface area (Å²) < 4.78 is 34.8. The molecule has 0 radical (unpaired) electrons. The SMILES string of the molecule is COc1ccc(NC(=O)c2cc([N+](=O)[O-])cc(S(C)(=O)=O)c2)cc1OCc1ccncc1. The maximum absolute atomic E-state index is 12.7. The third-order valence-corrected chi connectivity index (χ3v) is 5.45. The molecule has 166 valence electrons. The summed E-state index contributed by atoms with van der Waals surface area (Å²) in [5, 5.41) is 13.8. The average molecular weight is 457 g/mol. The fraction of sp³-hybridized carbons (Fsp3) is 0.143. The fourth-order valence-corrected chi connectivity index (χ4v) is 3.42. The Morgan fingerprint density at radius 2 is 1.81 bits per heavy atom. The first-order valence-electron chi connectivity index (χ1n) is 9.18. The summed E-state index contributed by atoms with van der Waals surface area (Å²) >= 11 is 0. The molecule has 32 heavy (non-hydrogen) atoms. The van der Waals surface area contributed by atoms with E-state index in [1.54, 1.807) is 36.7 Å². The van der Waals surface area contributed by atoms with Gasteiger partial charge in [-0.2, -0.15) is 0 Å². The first-order chi connectivity index (χ1) is 15.2. The number of methoxy groups -OCH3 is 1. The summed E-state index contributed by atoms with van der Waals surface area (Å²) in [7, 11) is -2.29. The second-order valence-corrected chi connectivity index (χ2v) is 8.72. The Kier molecular flexibility index (Phi) is 6.69. The van der Waals surface area contributed by atoms with Gasteiger partial charge < -0.3 is 14.8 Å². The largest absolute Gasteiger partial charge is 0.493 e. The van der Waals surface area contributed by atoms with Gasteiger partial charge in [-0.25, -0.2) is 8.42 Å². The summed E-state index contributed by atoms with van der Waals surface area (Å²) in [6, 6.07) is 11.3. The van der Waals surface area contributed by atoms with E-state index in [1.807, 2.05) is 0 Å². The van der Waals surface area contributed by atoms with Crippen LogP contribution >= 0.6 is 0 Å². The van der Waals surface area contributed by atoms with E-state index in [9.17, 15) is 23.3 Å². The number of aromatic nitrogens is 1. The monoisotopic (exact) mass is 457 g/mol. The van der Waals surface area contributed by atoms with Crippen LogP contribution < -0.4 is 14.8 Å². The van der Waals surface area contributed by atoms with Gasteiger partial charge in [0.05, 0.1) is 16.9 Å². The van der Waals surface area contributed by atoms with Crippen LogP contribution in [0.25, 0.3) is 0 Å². The van der Waals surface area contributed by atoms with E-state index in [0.717, 1.165) is 30.0 Å². The fourth-order valence-electron chi connectivity index (χ4n) is 2.74. The molecule has 1 heterocycles. The number of nitrogens with zero attached hydrogens (tertiary/aromatic N) is 2. The van der Waals surface area contributed by atoms with E-state index in [2.05, 4.69) is 10.3 Å². The van der Waals surface area contributed by atoms with Crippen LogP contribution in [-0.2, 0) is 16.4 Å². The Morgan fingerprint density at radius 1 is 1.09 bits per heavy atom. The molecule has 0 aliphatic carbocycles. The molecule has 1 aromatic heterocycles. The second kappa shape index (κ2) is 9.43. The van der Waals surface area contributed by atoms with Crippen LogP contribution in [-0.4, -0.2) is 37.6 Å². The van der Waals surface area contributed by atoms with Gasteiger partial charge in [0, 0.05) is 48.1 Å². The van der Waals surface area contributed by atoms with Crippen molar-refractivity contribution in [3.05, 3.63) is 82.2 Å². The van der Waals surface area contributed by atoms with E-state index in [-0.39, 0.29) is 17.1 Å². The third-order valence-electron chi connectivity index (χ3n) is 4.36. The number of pyridine rings is 1. The smallest absolute Gasteiger partial charge is 0.271 e. The zero-order valence-corrected chi connectivity index (χ0v) is 18.0. The van der Waals surface area contributed by atoms with Crippen molar-refractivity contribution in [2.75, 3.05) is 18.7 Å². The molecule has 10 nitrogen and oxygen atoms in total. The van der Waals surface area contributed by atoms with Gasteiger partial charge in [0.15, 0.2) is 21.3 Å². The highest BCUT2D eigenvalue weighted by Gasteiger charge is 2.19. The predicted octanol–water partition coefficient (Wildman–Crippen LogP) is 3.23. The number of sulfone groups is 1. The molecule has 0 saturated carbocycles. The van der Waals surface area contributed by atoms with Crippen molar-refractivity contribution in [1.29, 1.82) is 0 Å². The van der Waals surface area contributed by atoms with Crippen LogP contribution in [0.5, 0.6) is 11.5 Å². The Labute approximate surface area is 183 Å². The highest BCUT2D eigenvalue weighted by atomic mass is 32.2. The number of hydrogen-bond acceptors (Lipinski definition) is 8. The van der Waals surface area contributed by atoms with E-state index in [4.69, 9.17) is 9.47 Å². The molecule has 0 aliphatic rings. The number of nitro benzene ring substituents is 1. The van der Waals surface area contributed by atoms with Gasteiger partial charge in [-0.3, -0.25) is 19.9 Å². The molecule has 11 heteroatoms. The molecule has 3 rings (SSSR count). The van der Waals surface area contributed by atoms with Crippen molar-refractivity contribution in [3.8, 4) is 11.5 Å². The highest BCUT2D eigenvalue weighted by Crippen LogP contribution is 2.31. The number of anilines is 1. The topological polar surface area (TPSA) is 138 Å². The number of carbonyl (C=O) groups is 1. The van der Waals surface area contributed by atoms with Crippen molar-refractivity contribution >= 4 is 27.1 Å². The van der Waals surface area contributed by atoms with E-state index >= 15 is 0 Å². The lowest BCUT2D eigenvalue weighted by molar-refractivity contribution is -0.385. The zero-order chi connectivity index (χ0) is 23.3. The number of nitrogens with one attached hydrogen (secondary N) is 1. The van der Waals surface area contributed by atoms with Crippen molar-refractivity contribution in [2.24, 2.45) is 0 Å². The van der Waals surface area contributed by atoms with Crippen LogP contribution in [0.2, 0.25) is 0 Å². The first kappa shape index (κ1) is 22.7. The lowest BCUT2D eigenvalue weighted by atomic mass is 10.1. The van der Waals surface area contributed by atoms with Gasteiger partial charge in [0.2, 0.25) is 0 Å². The highest BCUT2D eigenvalue weighted by molar-refractivity contribution is 7.90. The maximum atomic E-state index is 12.7. The lowest BCUT2D eigenvalue weighted by Crippen LogP contribution is -2.13. The van der Waals surface area contributed by atoms with Crippen molar-refractivity contribution in [2.45, 2.75) is 11.5 Å². The Morgan fingerprint density at radius 3 is 2.44 bits per heavy atom. The maximum Gasteiger partial charge on any atom is 0.271 e. The summed E-state index contributed by atoms with van der Waals surface area (Å²) in [6.45, 7) is 0.235. The summed E-state index contributed by atoms with van der Waals surface area (Å²) in [5.74, 6) is 0.0774. The number of benzene rings is 2. The number of non-ortho nitro benzene ring substituents is 1. The van der Waals surface area contributed by atoms with Gasteiger partial charge in [0.25, 0.3) is 11.6 Å². The van der Waals surface area contributed by atoms with E-state index in [1.165, 1.54) is 13.2 Å². The quantitative estimate of drug-likeness (QED) is 0.402. The summed E-state index contributed by atoms with van der Waals surface area (Å²) in [4.78, 5) is 26.7. The molecular formula is C21H19N3O7S. The normalized spacial score (nSPS) is 10.9. The van der Waals surface area contributed by atoms with Gasteiger partial charge in [-0.05, 0) is 35.9 Å². The number of ether oxygens (including phenoxy) is 2. The molecule has 2 aromatic carbocycles. The standard InChI is InChI=1S/C21H19N3O7S/c1-30-19-4-3-16(11-20(19)31-13-14-5-7-22-8-6-14)23-21(25)15-9-17(24(26)27)12-18(10-15)32(2,28)29/h3-12H,13H2,1-2H3,(H,23,25). The van der Waals surface area contributed by atoms with Crippen LogP contribution in [0.3, 0.4) is 0 Å². The Balaban J connectivity index is 1.86. The number of carbonyl (C=O) groups excluding carboxylic acids is 1. The molecule has 0 fully saturated rings. The van der Waals surface area contributed by atoms with Gasteiger partial charge >= 0.3 is 0 Å².